The molecule has 0 bridgehead atoms. The van der Waals surface area contributed by atoms with E-state index in [-0.39, 0.29) is 11.8 Å². The zero-order chi connectivity index (χ0) is 14.2. The number of likely N-dealkylation sites (tertiary alicyclic amines) is 1. The Kier molecular flexibility index (Phi) is 4.23. The third-order valence-electron chi connectivity index (χ3n) is 3.95. The van der Waals surface area contributed by atoms with Gasteiger partial charge in [-0.15, -0.1) is 0 Å². The molecule has 3 N–H and O–H groups in total. The highest BCUT2D eigenvalue weighted by Gasteiger charge is 2.33. The summed E-state index contributed by atoms with van der Waals surface area (Å²) >= 11 is 6.41. The maximum atomic E-state index is 9.86. The summed E-state index contributed by atoms with van der Waals surface area (Å²) in [6.45, 7) is 3.62. The van der Waals surface area contributed by atoms with Crippen LogP contribution >= 0.6 is 11.6 Å². The van der Waals surface area contributed by atoms with Crippen molar-refractivity contribution in [3.8, 4) is 11.5 Å². The van der Waals surface area contributed by atoms with Crippen LogP contribution in [0.15, 0.2) is 6.07 Å². The van der Waals surface area contributed by atoms with Gasteiger partial charge in [-0.2, -0.15) is 0 Å². The van der Waals surface area contributed by atoms with Gasteiger partial charge in [0.25, 0.3) is 0 Å². The third-order valence-corrected chi connectivity index (χ3v) is 4.33. The summed E-state index contributed by atoms with van der Waals surface area (Å²) in [4.78, 5) is 2.27. The molecular formula is C14H21ClN2O2. The molecule has 0 aromatic heterocycles. The summed E-state index contributed by atoms with van der Waals surface area (Å²) in [6.07, 6.45) is 0.988. The van der Waals surface area contributed by atoms with Crippen LogP contribution in [0.25, 0.3) is 0 Å². The molecule has 4 nitrogen and oxygen atoms in total. The van der Waals surface area contributed by atoms with Gasteiger partial charge in [0.05, 0.1) is 12.1 Å². The van der Waals surface area contributed by atoms with Gasteiger partial charge in [0.2, 0.25) is 0 Å². The summed E-state index contributed by atoms with van der Waals surface area (Å²) in [5.41, 5.74) is 7.79. The smallest absolute Gasteiger partial charge is 0.179 e. The lowest BCUT2D eigenvalue weighted by Crippen LogP contribution is -2.21. The van der Waals surface area contributed by atoms with E-state index in [0.717, 1.165) is 24.1 Å². The van der Waals surface area contributed by atoms with Crippen molar-refractivity contribution >= 4 is 11.6 Å². The molecule has 5 heteroatoms. The molecule has 1 saturated heterocycles. The van der Waals surface area contributed by atoms with E-state index in [2.05, 4.69) is 11.9 Å². The highest BCUT2D eigenvalue weighted by atomic mass is 35.5. The number of hydrogen-bond acceptors (Lipinski definition) is 4. The van der Waals surface area contributed by atoms with Crippen molar-refractivity contribution in [3.05, 3.63) is 22.2 Å². The zero-order valence-electron chi connectivity index (χ0n) is 11.6. The second-order valence-corrected chi connectivity index (χ2v) is 5.64. The number of phenols is 1. The maximum absolute atomic E-state index is 9.86. The van der Waals surface area contributed by atoms with Crippen LogP contribution in [0.2, 0.25) is 5.02 Å². The first-order valence-corrected chi connectivity index (χ1v) is 6.83. The molecule has 1 heterocycles. The van der Waals surface area contributed by atoms with Crippen molar-refractivity contribution in [2.24, 2.45) is 11.7 Å². The number of halogens is 1. The average molecular weight is 285 g/mol. The van der Waals surface area contributed by atoms with E-state index >= 15 is 0 Å². The summed E-state index contributed by atoms with van der Waals surface area (Å²) in [6, 6.07) is 1.94. The number of benzene rings is 1. The van der Waals surface area contributed by atoms with Crippen molar-refractivity contribution < 1.29 is 9.84 Å². The highest BCUT2D eigenvalue weighted by molar-refractivity contribution is 6.33. The molecule has 2 unspecified atom stereocenters. The molecule has 19 heavy (non-hydrogen) atoms. The van der Waals surface area contributed by atoms with Crippen molar-refractivity contribution in [1.82, 2.24) is 4.90 Å². The third kappa shape index (κ3) is 2.53. The minimum absolute atomic E-state index is 0.0878. The van der Waals surface area contributed by atoms with Gasteiger partial charge in [0, 0.05) is 12.6 Å². The van der Waals surface area contributed by atoms with Crippen LogP contribution in [-0.4, -0.2) is 37.3 Å². The fourth-order valence-corrected chi connectivity index (χ4v) is 3.42. The van der Waals surface area contributed by atoms with Gasteiger partial charge in [-0.25, -0.2) is 0 Å². The molecule has 0 amide bonds. The Bertz CT molecular complexity index is 479. The van der Waals surface area contributed by atoms with Crippen LogP contribution in [-0.2, 0) is 0 Å². The fraction of sp³-hybridized carbons (Fsp3) is 0.571. The van der Waals surface area contributed by atoms with Gasteiger partial charge < -0.3 is 15.6 Å². The lowest BCUT2D eigenvalue weighted by Gasteiger charge is -2.24. The molecule has 1 fully saturated rings. The van der Waals surface area contributed by atoms with Gasteiger partial charge >= 0.3 is 0 Å². The summed E-state index contributed by atoms with van der Waals surface area (Å²) < 4.78 is 5.19. The second-order valence-electron chi connectivity index (χ2n) is 5.27. The predicted molar refractivity (Wildman–Crippen MR) is 76.9 cm³/mol. The Morgan fingerprint density at radius 3 is 2.79 bits per heavy atom. The van der Waals surface area contributed by atoms with Crippen molar-refractivity contribution in [2.75, 3.05) is 27.2 Å². The predicted octanol–water partition coefficient (Wildman–Crippen LogP) is 2.31. The van der Waals surface area contributed by atoms with Crippen LogP contribution in [0.3, 0.4) is 0 Å². The van der Waals surface area contributed by atoms with Gasteiger partial charge in [-0.05, 0) is 50.0 Å². The van der Waals surface area contributed by atoms with Gasteiger partial charge in [-0.3, -0.25) is 4.90 Å². The van der Waals surface area contributed by atoms with E-state index in [1.165, 1.54) is 7.11 Å². The number of aromatic hydroxyl groups is 1. The number of rotatable bonds is 3. The van der Waals surface area contributed by atoms with Crippen molar-refractivity contribution in [2.45, 2.75) is 19.4 Å². The number of methoxy groups -OCH3 is 1. The normalized spacial score (nSPS) is 23.8. The molecule has 1 aromatic carbocycles. The fourth-order valence-electron chi connectivity index (χ4n) is 2.97. The van der Waals surface area contributed by atoms with Crippen molar-refractivity contribution in [1.29, 1.82) is 0 Å². The zero-order valence-corrected chi connectivity index (χ0v) is 12.4. The molecule has 106 valence electrons. The van der Waals surface area contributed by atoms with Crippen LogP contribution < -0.4 is 10.5 Å². The molecule has 0 aliphatic carbocycles. The highest BCUT2D eigenvalue weighted by Crippen LogP contribution is 2.45. The molecule has 0 saturated carbocycles. The first-order valence-electron chi connectivity index (χ1n) is 6.45. The number of ether oxygens (including phenoxy) is 1. The van der Waals surface area contributed by atoms with E-state index in [0.29, 0.717) is 23.2 Å². The summed E-state index contributed by atoms with van der Waals surface area (Å²) in [5.74, 6) is 0.932. The second kappa shape index (κ2) is 5.57. The van der Waals surface area contributed by atoms with E-state index < -0.39 is 0 Å². The van der Waals surface area contributed by atoms with E-state index in [1.807, 2.05) is 6.92 Å². The Morgan fingerprint density at radius 2 is 2.26 bits per heavy atom. The van der Waals surface area contributed by atoms with Crippen LogP contribution in [0.5, 0.6) is 11.5 Å². The molecule has 1 aromatic rings. The number of aryl methyl sites for hydroxylation is 1. The van der Waals surface area contributed by atoms with Crippen LogP contribution in [0.4, 0.5) is 0 Å². The Balaban J connectivity index is 2.45. The minimum Gasteiger partial charge on any atom is -0.504 e. The topological polar surface area (TPSA) is 58.7 Å². The SMILES string of the molecule is COc1c(O)cc(C)c(C2CC(CN)CN2C)c1Cl. The van der Waals surface area contributed by atoms with E-state index in [1.54, 1.807) is 6.07 Å². The van der Waals surface area contributed by atoms with Gasteiger partial charge in [0.15, 0.2) is 11.5 Å². The monoisotopic (exact) mass is 284 g/mol. The molecule has 1 aliphatic heterocycles. The lowest BCUT2D eigenvalue weighted by atomic mass is 9.95. The lowest BCUT2D eigenvalue weighted by molar-refractivity contribution is 0.310. The maximum Gasteiger partial charge on any atom is 0.179 e. The minimum atomic E-state index is 0.0878. The Labute approximate surface area is 119 Å². The van der Waals surface area contributed by atoms with Gasteiger partial charge in [0.1, 0.15) is 0 Å². The van der Waals surface area contributed by atoms with Crippen LogP contribution in [0.1, 0.15) is 23.6 Å². The van der Waals surface area contributed by atoms with E-state index in [4.69, 9.17) is 22.1 Å². The standard InChI is InChI=1S/C14H21ClN2O2/c1-8-4-11(18)14(19-3)13(15)12(8)10-5-9(6-16)7-17(10)2/h4,9-10,18H,5-7,16H2,1-3H3. The van der Waals surface area contributed by atoms with E-state index in [9.17, 15) is 5.11 Å². The Morgan fingerprint density at radius 1 is 1.58 bits per heavy atom. The number of phenolic OH excluding ortho intramolecular Hbond substituents is 1. The largest absolute Gasteiger partial charge is 0.504 e. The molecular weight excluding hydrogens is 264 g/mol. The molecule has 2 rings (SSSR count). The average Bonchev–Trinajstić information content (AvgIpc) is 2.71. The molecule has 0 radical (unpaired) electrons. The first-order chi connectivity index (χ1) is 8.99. The number of nitrogens with zero attached hydrogens (tertiary/aromatic N) is 1. The van der Waals surface area contributed by atoms with Crippen LogP contribution in [0, 0.1) is 12.8 Å². The quantitative estimate of drug-likeness (QED) is 0.894. The Hall–Kier alpha value is -0.970. The molecule has 0 spiro atoms. The number of nitrogens with two attached hydrogens (primary N) is 1. The number of hydrogen-bond donors (Lipinski definition) is 2. The molecule has 1 aliphatic rings. The summed E-state index contributed by atoms with van der Waals surface area (Å²) in [7, 11) is 3.59. The summed E-state index contributed by atoms with van der Waals surface area (Å²) in [5, 5.41) is 10.4. The van der Waals surface area contributed by atoms with Crippen molar-refractivity contribution in [3.63, 3.8) is 0 Å². The first kappa shape index (κ1) is 14.4. The van der Waals surface area contributed by atoms with Gasteiger partial charge in [-0.1, -0.05) is 11.6 Å². The molecule has 2 atom stereocenters.